The van der Waals surface area contributed by atoms with Crippen molar-refractivity contribution in [3.63, 3.8) is 0 Å². The smallest absolute Gasteiger partial charge is 0.214 e. The fourth-order valence-corrected chi connectivity index (χ4v) is 0.691. The predicted molar refractivity (Wildman–Crippen MR) is 39.8 cm³/mol. The van der Waals surface area contributed by atoms with Gasteiger partial charge in [-0.05, 0) is 12.1 Å². The number of nitrogens with zero attached hydrogens (tertiary/aromatic N) is 1. The van der Waals surface area contributed by atoms with E-state index >= 15 is 0 Å². The summed E-state index contributed by atoms with van der Waals surface area (Å²) >= 11 is 0. The summed E-state index contributed by atoms with van der Waals surface area (Å²) in [5.74, 6) is -0.0769. The Hall–Kier alpha value is -1.16. The third-order valence-corrected chi connectivity index (χ3v) is 1.13. The maximum absolute atomic E-state index is 12.4. The SMILES string of the molecule is OCCNc1cccc(F)n1. The van der Waals surface area contributed by atoms with Gasteiger partial charge in [0.1, 0.15) is 5.82 Å². The molecular formula is C7H9FN2O. The first kappa shape index (κ1) is 7.94. The fraction of sp³-hybridized carbons (Fsp3) is 0.286. The van der Waals surface area contributed by atoms with Crippen LogP contribution in [0.4, 0.5) is 10.2 Å². The standard InChI is InChI=1S/C7H9FN2O/c8-6-2-1-3-7(10-6)9-4-5-11/h1-3,11H,4-5H2,(H,9,10). The van der Waals surface area contributed by atoms with Crippen molar-refractivity contribution in [2.24, 2.45) is 0 Å². The van der Waals surface area contributed by atoms with E-state index in [1.54, 1.807) is 12.1 Å². The highest BCUT2D eigenvalue weighted by molar-refractivity contribution is 5.33. The van der Waals surface area contributed by atoms with E-state index in [1.165, 1.54) is 6.07 Å². The molecule has 0 aliphatic carbocycles. The molecule has 0 unspecified atom stereocenters. The molecule has 0 aliphatic rings. The minimum Gasteiger partial charge on any atom is -0.395 e. The molecular weight excluding hydrogens is 147 g/mol. The lowest BCUT2D eigenvalue weighted by atomic mass is 10.4. The Morgan fingerprint density at radius 2 is 2.36 bits per heavy atom. The molecule has 0 fully saturated rings. The number of anilines is 1. The molecule has 0 radical (unpaired) electrons. The number of pyridine rings is 1. The van der Waals surface area contributed by atoms with Crippen LogP contribution in [0.5, 0.6) is 0 Å². The number of nitrogens with one attached hydrogen (secondary N) is 1. The number of aromatic nitrogens is 1. The van der Waals surface area contributed by atoms with Gasteiger partial charge in [0.25, 0.3) is 0 Å². The molecule has 1 heterocycles. The number of hydrogen-bond donors (Lipinski definition) is 2. The van der Waals surface area contributed by atoms with E-state index in [1.807, 2.05) is 0 Å². The Labute approximate surface area is 63.9 Å². The van der Waals surface area contributed by atoms with Gasteiger partial charge in [-0.3, -0.25) is 0 Å². The number of halogens is 1. The van der Waals surface area contributed by atoms with Gasteiger partial charge in [0, 0.05) is 6.54 Å². The quantitative estimate of drug-likeness (QED) is 0.631. The van der Waals surface area contributed by atoms with Crippen molar-refractivity contribution in [3.8, 4) is 0 Å². The molecule has 1 aromatic heterocycles. The molecule has 0 saturated heterocycles. The highest BCUT2D eigenvalue weighted by Crippen LogP contribution is 2.01. The molecule has 0 aromatic carbocycles. The topological polar surface area (TPSA) is 45.1 Å². The molecule has 1 rings (SSSR count). The summed E-state index contributed by atoms with van der Waals surface area (Å²) in [5.41, 5.74) is 0. The first-order chi connectivity index (χ1) is 5.33. The summed E-state index contributed by atoms with van der Waals surface area (Å²) in [4.78, 5) is 3.52. The van der Waals surface area contributed by atoms with Gasteiger partial charge < -0.3 is 10.4 Å². The van der Waals surface area contributed by atoms with Crippen molar-refractivity contribution >= 4 is 5.82 Å². The van der Waals surface area contributed by atoms with E-state index in [-0.39, 0.29) is 6.61 Å². The first-order valence-electron chi connectivity index (χ1n) is 3.30. The zero-order valence-corrected chi connectivity index (χ0v) is 5.92. The highest BCUT2D eigenvalue weighted by atomic mass is 19.1. The normalized spacial score (nSPS) is 9.64. The van der Waals surface area contributed by atoms with Crippen molar-refractivity contribution < 1.29 is 9.50 Å². The molecule has 0 spiro atoms. The predicted octanol–water partition coefficient (Wildman–Crippen LogP) is 0.625. The lowest BCUT2D eigenvalue weighted by Gasteiger charge is -2.01. The number of aliphatic hydroxyl groups excluding tert-OH is 1. The van der Waals surface area contributed by atoms with Gasteiger partial charge in [0.15, 0.2) is 0 Å². The molecule has 11 heavy (non-hydrogen) atoms. The Morgan fingerprint density at radius 3 is 3.00 bits per heavy atom. The van der Waals surface area contributed by atoms with Crippen LogP contribution in [0.25, 0.3) is 0 Å². The monoisotopic (exact) mass is 156 g/mol. The molecule has 0 aliphatic heterocycles. The van der Waals surface area contributed by atoms with Crippen LogP contribution in [0.1, 0.15) is 0 Å². The summed E-state index contributed by atoms with van der Waals surface area (Å²) in [6, 6.07) is 4.46. The molecule has 60 valence electrons. The van der Waals surface area contributed by atoms with E-state index in [0.29, 0.717) is 12.4 Å². The fourth-order valence-electron chi connectivity index (χ4n) is 0.691. The van der Waals surface area contributed by atoms with Gasteiger partial charge in [-0.2, -0.15) is 4.39 Å². The van der Waals surface area contributed by atoms with Gasteiger partial charge in [0.05, 0.1) is 6.61 Å². The van der Waals surface area contributed by atoms with Crippen LogP contribution in [-0.2, 0) is 0 Å². The van der Waals surface area contributed by atoms with Crippen molar-refractivity contribution in [1.82, 2.24) is 4.98 Å². The van der Waals surface area contributed by atoms with Gasteiger partial charge in [-0.15, -0.1) is 0 Å². The van der Waals surface area contributed by atoms with Gasteiger partial charge >= 0.3 is 0 Å². The number of rotatable bonds is 3. The maximum Gasteiger partial charge on any atom is 0.214 e. The summed E-state index contributed by atoms with van der Waals surface area (Å²) in [6.07, 6.45) is 0. The average molecular weight is 156 g/mol. The van der Waals surface area contributed by atoms with Crippen LogP contribution in [0.15, 0.2) is 18.2 Å². The summed E-state index contributed by atoms with van der Waals surface area (Å²) in [6.45, 7) is 0.397. The van der Waals surface area contributed by atoms with Crippen LogP contribution in [0, 0.1) is 5.95 Å². The summed E-state index contributed by atoms with van der Waals surface area (Å²) in [5, 5.41) is 11.1. The lowest BCUT2D eigenvalue weighted by molar-refractivity contribution is 0.311. The first-order valence-corrected chi connectivity index (χ1v) is 3.30. The van der Waals surface area contributed by atoms with E-state index in [9.17, 15) is 4.39 Å². The van der Waals surface area contributed by atoms with Crippen LogP contribution in [0.2, 0.25) is 0 Å². The van der Waals surface area contributed by atoms with Crippen molar-refractivity contribution in [3.05, 3.63) is 24.1 Å². The molecule has 0 amide bonds. The lowest BCUT2D eigenvalue weighted by Crippen LogP contribution is -2.06. The Bertz CT molecular complexity index is 229. The Kier molecular flexibility index (Phi) is 2.80. The van der Waals surface area contributed by atoms with Crippen molar-refractivity contribution in [2.45, 2.75) is 0 Å². The molecule has 1 aromatic rings. The Morgan fingerprint density at radius 1 is 1.55 bits per heavy atom. The van der Waals surface area contributed by atoms with Crippen molar-refractivity contribution in [2.75, 3.05) is 18.5 Å². The van der Waals surface area contributed by atoms with E-state index < -0.39 is 5.95 Å². The molecule has 2 N–H and O–H groups in total. The van der Waals surface area contributed by atoms with Crippen LogP contribution in [0.3, 0.4) is 0 Å². The van der Waals surface area contributed by atoms with Crippen LogP contribution in [-0.4, -0.2) is 23.2 Å². The molecule has 4 heteroatoms. The minimum atomic E-state index is -0.520. The second-order valence-corrected chi connectivity index (χ2v) is 2.00. The molecule has 0 atom stereocenters. The van der Waals surface area contributed by atoms with E-state index in [4.69, 9.17) is 5.11 Å². The van der Waals surface area contributed by atoms with Gasteiger partial charge in [-0.25, -0.2) is 4.98 Å². The second kappa shape index (κ2) is 3.88. The van der Waals surface area contributed by atoms with Crippen molar-refractivity contribution in [1.29, 1.82) is 0 Å². The minimum absolute atomic E-state index is 0.0121. The van der Waals surface area contributed by atoms with E-state index in [0.717, 1.165) is 0 Å². The summed E-state index contributed by atoms with van der Waals surface area (Å²) in [7, 11) is 0. The average Bonchev–Trinajstić information content (AvgIpc) is 2.01. The van der Waals surface area contributed by atoms with Crippen LogP contribution < -0.4 is 5.32 Å². The zero-order valence-electron chi connectivity index (χ0n) is 5.92. The molecule has 0 bridgehead atoms. The number of hydrogen-bond acceptors (Lipinski definition) is 3. The third-order valence-electron chi connectivity index (χ3n) is 1.13. The summed E-state index contributed by atoms with van der Waals surface area (Å²) < 4.78 is 12.4. The van der Waals surface area contributed by atoms with Gasteiger partial charge in [0.2, 0.25) is 5.95 Å². The second-order valence-electron chi connectivity index (χ2n) is 2.00. The van der Waals surface area contributed by atoms with E-state index in [2.05, 4.69) is 10.3 Å². The maximum atomic E-state index is 12.4. The third kappa shape index (κ3) is 2.51. The Balaban J connectivity index is 2.56. The number of aliphatic hydroxyl groups is 1. The zero-order chi connectivity index (χ0) is 8.10. The largest absolute Gasteiger partial charge is 0.395 e. The van der Waals surface area contributed by atoms with Crippen LogP contribution >= 0.6 is 0 Å². The van der Waals surface area contributed by atoms with Gasteiger partial charge in [-0.1, -0.05) is 6.07 Å². The molecule has 0 saturated carbocycles. The highest BCUT2D eigenvalue weighted by Gasteiger charge is 1.93. The molecule has 3 nitrogen and oxygen atoms in total.